The van der Waals surface area contributed by atoms with Crippen molar-refractivity contribution in [1.82, 2.24) is 10.3 Å². The van der Waals surface area contributed by atoms with Crippen molar-refractivity contribution in [3.05, 3.63) is 71.6 Å². The average molecular weight is 316 g/mol. The Morgan fingerprint density at radius 2 is 2.08 bits per heavy atom. The van der Waals surface area contributed by atoms with Crippen molar-refractivity contribution in [2.24, 2.45) is 0 Å². The van der Waals surface area contributed by atoms with E-state index < -0.39 is 0 Å². The molecule has 1 unspecified atom stereocenters. The van der Waals surface area contributed by atoms with Gasteiger partial charge in [-0.25, -0.2) is 0 Å². The van der Waals surface area contributed by atoms with Crippen molar-refractivity contribution in [2.45, 2.75) is 31.8 Å². The lowest BCUT2D eigenvalue weighted by Crippen LogP contribution is -2.24. The summed E-state index contributed by atoms with van der Waals surface area (Å²) in [6.45, 7) is 0.876. The van der Waals surface area contributed by atoms with Crippen LogP contribution in [0.1, 0.15) is 35.7 Å². The lowest BCUT2D eigenvalue weighted by molar-refractivity contribution is 0.452. The molecule has 0 saturated carbocycles. The van der Waals surface area contributed by atoms with Gasteiger partial charge in [-0.2, -0.15) is 0 Å². The van der Waals surface area contributed by atoms with Gasteiger partial charge in [0.15, 0.2) is 0 Å². The number of aryl methyl sites for hydroxylation is 1. The van der Waals surface area contributed by atoms with Gasteiger partial charge in [0, 0.05) is 34.6 Å². The van der Waals surface area contributed by atoms with E-state index in [-0.39, 0.29) is 0 Å². The van der Waals surface area contributed by atoms with Crippen LogP contribution >= 0.6 is 0 Å². The number of hydrogen-bond acceptors (Lipinski definition) is 2. The van der Waals surface area contributed by atoms with Gasteiger partial charge in [0.1, 0.15) is 5.58 Å². The van der Waals surface area contributed by atoms with Crippen molar-refractivity contribution in [1.29, 1.82) is 0 Å². The number of aromatic nitrogens is 1. The van der Waals surface area contributed by atoms with Crippen LogP contribution in [0.15, 0.2) is 59.2 Å². The molecular formula is C21H20N2O. The zero-order chi connectivity index (χ0) is 15.9. The Kier molecular flexibility index (Phi) is 3.20. The van der Waals surface area contributed by atoms with Gasteiger partial charge < -0.3 is 14.7 Å². The Balaban J connectivity index is 1.42. The topological polar surface area (TPSA) is 41.0 Å². The lowest BCUT2D eigenvalue weighted by atomic mass is 9.91. The normalized spacial score (nSPS) is 17.4. The molecule has 2 aromatic heterocycles. The highest BCUT2D eigenvalue weighted by molar-refractivity contribution is 5.85. The zero-order valence-corrected chi connectivity index (χ0v) is 13.5. The fourth-order valence-electron chi connectivity index (χ4n) is 3.99. The molecule has 2 aromatic carbocycles. The van der Waals surface area contributed by atoms with Crippen LogP contribution in [-0.2, 0) is 13.0 Å². The maximum atomic E-state index is 5.42. The van der Waals surface area contributed by atoms with E-state index in [1.807, 2.05) is 6.07 Å². The second-order valence-corrected chi connectivity index (χ2v) is 6.68. The average Bonchev–Trinajstić information content (AvgIpc) is 3.24. The van der Waals surface area contributed by atoms with E-state index in [2.05, 4.69) is 52.8 Å². The number of aromatic amines is 1. The maximum Gasteiger partial charge on any atom is 0.133 e. The highest BCUT2D eigenvalue weighted by atomic mass is 16.3. The smallest absolute Gasteiger partial charge is 0.133 e. The maximum absolute atomic E-state index is 5.42. The fourth-order valence-corrected chi connectivity index (χ4v) is 3.99. The summed E-state index contributed by atoms with van der Waals surface area (Å²) in [5, 5.41) is 6.31. The van der Waals surface area contributed by atoms with Crippen LogP contribution in [0.3, 0.4) is 0 Å². The predicted octanol–water partition coefficient (Wildman–Crippen LogP) is 5.08. The summed E-state index contributed by atoms with van der Waals surface area (Å²) in [4.78, 5) is 3.65. The lowest BCUT2D eigenvalue weighted by Gasteiger charge is -2.24. The third-order valence-corrected chi connectivity index (χ3v) is 5.18. The molecule has 4 aromatic rings. The second kappa shape index (κ2) is 5.53. The fraction of sp³-hybridized carbons (Fsp3) is 0.238. The number of nitrogens with one attached hydrogen (secondary N) is 2. The summed E-state index contributed by atoms with van der Waals surface area (Å²) < 4.78 is 5.42. The zero-order valence-electron chi connectivity index (χ0n) is 13.5. The van der Waals surface area contributed by atoms with Gasteiger partial charge in [-0.15, -0.1) is 0 Å². The number of hydrogen-bond donors (Lipinski definition) is 2. The van der Waals surface area contributed by atoms with Crippen LogP contribution in [0.25, 0.3) is 21.9 Å². The Morgan fingerprint density at radius 1 is 1.12 bits per heavy atom. The van der Waals surface area contributed by atoms with Gasteiger partial charge >= 0.3 is 0 Å². The standard InChI is InChI=1S/C21H20N2O/c1-2-6-18-16(4-1)17-5-3-7-19(21(17)23-18)22-13-14-8-9-20-15(12-14)10-11-24-20/h1-2,4,6,8-12,19,22-23H,3,5,7,13H2. The number of rotatable bonds is 3. The first kappa shape index (κ1) is 13.9. The molecule has 0 bridgehead atoms. The van der Waals surface area contributed by atoms with Gasteiger partial charge in [0.05, 0.1) is 6.26 Å². The molecule has 5 rings (SSSR count). The molecule has 1 atom stereocenters. The van der Waals surface area contributed by atoms with Crippen LogP contribution in [0.4, 0.5) is 0 Å². The van der Waals surface area contributed by atoms with Gasteiger partial charge in [-0.1, -0.05) is 24.3 Å². The molecule has 24 heavy (non-hydrogen) atoms. The van der Waals surface area contributed by atoms with Crippen LogP contribution in [0, 0.1) is 0 Å². The van der Waals surface area contributed by atoms with Gasteiger partial charge in [0.25, 0.3) is 0 Å². The third-order valence-electron chi connectivity index (χ3n) is 5.18. The molecule has 0 spiro atoms. The molecule has 2 N–H and O–H groups in total. The van der Waals surface area contributed by atoms with Crippen molar-refractivity contribution in [3.8, 4) is 0 Å². The van der Waals surface area contributed by atoms with E-state index in [0.717, 1.165) is 12.1 Å². The molecule has 120 valence electrons. The Morgan fingerprint density at radius 3 is 3.08 bits per heavy atom. The number of fused-ring (bicyclic) bond motifs is 4. The molecule has 3 nitrogen and oxygen atoms in total. The molecule has 0 radical (unpaired) electrons. The van der Waals surface area contributed by atoms with Crippen molar-refractivity contribution >= 4 is 21.9 Å². The third kappa shape index (κ3) is 2.24. The summed E-state index contributed by atoms with van der Waals surface area (Å²) in [7, 11) is 0. The molecule has 1 aliphatic carbocycles. The van der Waals surface area contributed by atoms with E-state index in [4.69, 9.17) is 4.42 Å². The summed E-state index contributed by atoms with van der Waals surface area (Å²) in [6, 6.07) is 17.5. The Bertz CT molecular complexity index is 1010. The number of benzene rings is 2. The Labute approximate surface area is 140 Å². The monoisotopic (exact) mass is 316 g/mol. The van der Waals surface area contributed by atoms with Crippen LogP contribution in [-0.4, -0.2) is 4.98 Å². The predicted molar refractivity (Wildman–Crippen MR) is 97.0 cm³/mol. The number of furan rings is 1. The SMILES string of the molecule is c1ccc2c3c([nH]c2c1)C(NCc1ccc2occc2c1)CCC3. The highest BCUT2D eigenvalue weighted by Crippen LogP contribution is 2.34. The quantitative estimate of drug-likeness (QED) is 0.553. The summed E-state index contributed by atoms with van der Waals surface area (Å²) in [5.41, 5.74) is 6.39. The molecule has 3 heteroatoms. The van der Waals surface area contributed by atoms with Crippen LogP contribution in [0.5, 0.6) is 0 Å². The van der Waals surface area contributed by atoms with E-state index in [0.29, 0.717) is 6.04 Å². The minimum absolute atomic E-state index is 0.404. The van der Waals surface area contributed by atoms with E-state index in [1.54, 1.807) is 6.26 Å². The van der Waals surface area contributed by atoms with E-state index in [1.165, 1.54) is 52.4 Å². The Hall–Kier alpha value is -2.52. The molecule has 0 saturated heterocycles. The molecule has 1 aliphatic rings. The number of H-pyrrole nitrogens is 1. The van der Waals surface area contributed by atoms with Crippen molar-refractivity contribution < 1.29 is 4.42 Å². The largest absolute Gasteiger partial charge is 0.464 e. The molecule has 0 amide bonds. The minimum Gasteiger partial charge on any atom is -0.464 e. The first-order chi connectivity index (χ1) is 11.9. The summed E-state index contributed by atoms with van der Waals surface area (Å²) >= 11 is 0. The van der Waals surface area contributed by atoms with E-state index in [9.17, 15) is 0 Å². The molecule has 0 fully saturated rings. The molecule has 0 aliphatic heterocycles. The summed E-state index contributed by atoms with van der Waals surface area (Å²) in [5.74, 6) is 0. The molecule has 2 heterocycles. The van der Waals surface area contributed by atoms with E-state index >= 15 is 0 Å². The molecular weight excluding hydrogens is 296 g/mol. The second-order valence-electron chi connectivity index (χ2n) is 6.68. The highest BCUT2D eigenvalue weighted by Gasteiger charge is 2.23. The van der Waals surface area contributed by atoms with Gasteiger partial charge in [-0.05, 0) is 54.7 Å². The summed E-state index contributed by atoms with van der Waals surface area (Å²) in [6.07, 6.45) is 5.36. The first-order valence-corrected chi connectivity index (χ1v) is 8.67. The van der Waals surface area contributed by atoms with Crippen molar-refractivity contribution in [2.75, 3.05) is 0 Å². The van der Waals surface area contributed by atoms with Crippen molar-refractivity contribution in [3.63, 3.8) is 0 Å². The van der Waals surface area contributed by atoms with Gasteiger partial charge in [0.2, 0.25) is 0 Å². The van der Waals surface area contributed by atoms with Gasteiger partial charge in [-0.3, -0.25) is 0 Å². The number of para-hydroxylation sites is 1. The van der Waals surface area contributed by atoms with Crippen LogP contribution in [0.2, 0.25) is 0 Å². The first-order valence-electron chi connectivity index (χ1n) is 8.67. The van der Waals surface area contributed by atoms with Crippen LogP contribution < -0.4 is 5.32 Å². The minimum atomic E-state index is 0.404.